The third kappa shape index (κ3) is 3.13. The Morgan fingerprint density at radius 2 is 1.95 bits per heavy atom. The van der Waals surface area contributed by atoms with Crippen molar-refractivity contribution in [2.45, 2.75) is 33.1 Å². The highest BCUT2D eigenvalue weighted by Crippen LogP contribution is 2.33. The molecule has 0 aliphatic rings. The van der Waals surface area contributed by atoms with Crippen molar-refractivity contribution in [1.29, 1.82) is 0 Å². The molecule has 0 fully saturated rings. The lowest BCUT2D eigenvalue weighted by atomic mass is 10.1. The van der Waals surface area contributed by atoms with E-state index in [9.17, 15) is 0 Å². The monoisotopic (exact) mass is 296 g/mol. The highest BCUT2D eigenvalue weighted by Gasteiger charge is 2.10. The smallest absolute Gasteiger partial charge is 0.0927 e. The Hall–Kier alpha value is -0.990. The van der Waals surface area contributed by atoms with Crippen LogP contribution in [0.5, 0.6) is 0 Å². The number of nitrogens with one attached hydrogen (secondary N) is 1. The van der Waals surface area contributed by atoms with Gasteiger partial charge in [-0.15, -0.1) is 0 Å². The van der Waals surface area contributed by atoms with Crippen molar-refractivity contribution in [1.82, 2.24) is 4.98 Å². The third-order valence-corrected chi connectivity index (χ3v) is 3.79. The van der Waals surface area contributed by atoms with E-state index in [-0.39, 0.29) is 0 Å². The normalized spacial score (nSPS) is 10.9. The molecule has 0 bridgehead atoms. The van der Waals surface area contributed by atoms with Gasteiger partial charge in [0.2, 0.25) is 0 Å². The van der Waals surface area contributed by atoms with Gasteiger partial charge < -0.3 is 5.32 Å². The SMILES string of the molecule is CCCNc1cc(CCC)nc2c(Cl)c(Cl)ccc12. The zero-order valence-electron chi connectivity index (χ0n) is 11.3. The average Bonchev–Trinajstić information content (AvgIpc) is 2.41. The van der Waals surface area contributed by atoms with E-state index < -0.39 is 0 Å². The fourth-order valence-electron chi connectivity index (χ4n) is 2.08. The molecule has 0 unspecified atom stereocenters. The molecule has 19 heavy (non-hydrogen) atoms. The molecular weight excluding hydrogens is 279 g/mol. The number of aromatic nitrogens is 1. The topological polar surface area (TPSA) is 24.9 Å². The molecule has 1 N–H and O–H groups in total. The first kappa shape index (κ1) is 14.4. The molecular formula is C15H18Cl2N2. The molecule has 1 aromatic heterocycles. The van der Waals surface area contributed by atoms with Crippen molar-refractivity contribution in [3.63, 3.8) is 0 Å². The van der Waals surface area contributed by atoms with Crippen LogP contribution >= 0.6 is 23.2 Å². The van der Waals surface area contributed by atoms with Crippen LogP contribution in [0.15, 0.2) is 18.2 Å². The zero-order chi connectivity index (χ0) is 13.8. The van der Waals surface area contributed by atoms with E-state index in [1.165, 1.54) is 0 Å². The van der Waals surface area contributed by atoms with Crippen molar-refractivity contribution in [3.8, 4) is 0 Å². The second-order valence-electron chi connectivity index (χ2n) is 4.60. The second-order valence-corrected chi connectivity index (χ2v) is 5.38. The first-order chi connectivity index (χ1) is 9.17. The predicted molar refractivity (Wildman–Crippen MR) is 84.5 cm³/mol. The maximum absolute atomic E-state index is 6.28. The molecule has 0 atom stereocenters. The molecule has 2 rings (SSSR count). The van der Waals surface area contributed by atoms with Crippen LogP contribution in [0.3, 0.4) is 0 Å². The fraction of sp³-hybridized carbons (Fsp3) is 0.400. The summed E-state index contributed by atoms with van der Waals surface area (Å²) in [7, 11) is 0. The molecule has 0 saturated heterocycles. The summed E-state index contributed by atoms with van der Waals surface area (Å²) in [6.45, 7) is 5.22. The largest absolute Gasteiger partial charge is 0.384 e. The predicted octanol–water partition coefficient (Wildman–Crippen LogP) is 5.32. The summed E-state index contributed by atoms with van der Waals surface area (Å²) in [5.41, 5.74) is 2.94. The van der Waals surface area contributed by atoms with Crippen molar-refractivity contribution < 1.29 is 0 Å². The van der Waals surface area contributed by atoms with Crippen LogP contribution in [0.2, 0.25) is 10.0 Å². The lowest BCUT2D eigenvalue weighted by molar-refractivity contribution is 0.889. The fourth-order valence-corrected chi connectivity index (χ4v) is 2.44. The number of hydrogen-bond acceptors (Lipinski definition) is 2. The standard InChI is InChI=1S/C15H18Cl2N2/c1-3-5-10-9-13(18-8-4-2)11-6-7-12(16)14(17)15(11)19-10/h6-7,9H,3-5,8H2,1-2H3,(H,18,19). The Balaban J connectivity index is 2.60. The number of anilines is 1. The molecule has 0 radical (unpaired) electrons. The van der Waals surface area contributed by atoms with E-state index in [4.69, 9.17) is 23.2 Å². The second kappa shape index (κ2) is 6.44. The molecule has 102 valence electrons. The Bertz CT molecular complexity index is 582. The molecule has 0 aliphatic carbocycles. The van der Waals surface area contributed by atoms with Crippen LogP contribution in [-0.4, -0.2) is 11.5 Å². The maximum Gasteiger partial charge on any atom is 0.0927 e. The van der Waals surface area contributed by atoms with E-state index in [0.29, 0.717) is 10.0 Å². The lowest BCUT2D eigenvalue weighted by Gasteiger charge is -2.12. The van der Waals surface area contributed by atoms with Crippen molar-refractivity contribution in [2.24, 2.45) is 0 Å². The minimum Gasteiger partial charge on any atom is -0.384 e. The number of halogens is 2. The van der Waals surface area contributed by atoms with Gasteiger partial charge >= 0.3 is 0 Å². The molecule has 2 nitrogen and oxygen atoms in total. The van der Waals surface area contributed by atoms with Crippen molar-refractivity contribution in [3.05, 3.63) is 33.9 Å². The number of benzene rings is 1. The molecule has 4 heteroatoms. The van der Waals surface area contributed by atoms with Crippen molar-refractivity contribution in [2.75, 3.05) is 11.9 Å². The summed E-state index contributed by atoms with van der Waals surface area (Å²) < 4.78 is 0. The van der Waals surface area contributed by atoms with Gasteiger partial charge in [0.05, 0.1) is 15.6 Å². The van der Waals surface area contributed by atoms with Gasteiger partial charge in [-0.1, -0.05) is 43.5 Å². The van der Waals surface area contributed by atoms with Gasteiger partial charge in [0.15, 0.2) is 0 Å². The number of fused-ring (bicyclic) bond motifs is 1. The molecule has 0 saturated carbocycles. The molecule has 0 amide bonds. The Labute approximate surface area is 124 Å². The van der Waals surface area contributed by atoms with Crippen LogP contribution in [0.1, 0.15) is 32.4 Å². The maximum atomic E-state index is 6.28. The van der Waals surface area contributed by atoms with Crippen LogP contribution in [-0.2, 0) is 6.42 Å². The number of pyridine rings is 1. The first-order valence-corrected chi connectivity index (χ1v) is 7.44. The van der Waals surface area contributed by atoms with E-state index in [0.717, 1.165) is 48.1 Å². The molecule has 1 aromatic carbocycles. The molecule has 0 aliphatic heterocycles. The van der Waals surface area contributed by atoms with Crippen LogP contribution in [0.4, 0.5) is 5.69 Å². The molecule has 0 spiro atoms. The molecule has 2 aromatic rings. The summed E-state index contributed by atoms with van der Waals surface area (Å²) >= 11 is 12.4. The first-order valence-electron chi connectivity index (χ1n) is 6.68. The summed E-state index contributed by atoms with van der Waals surface area (Å²) in [4.78, 5) is 4.64. The van der Waals surface area contributed by atoms with Gasteiger partial charge in [-0.3, -0.25) is 4.98 Å². The van der Waals surface area contributed by atoms with E-state index >= 15 is 0 Å². The number of aryl methyl sites for hydroxylation is 1. The Kier molecular flexibility index (Phi) is 4.89. The summed E-state index contributed by atoms with van der Waals surface area (Å²) in [6, 6.07) is 5.92. The highest BCUT2D eigenvalue weighted by molar-refractivity contribution is 6.45. The van der Waals surface area contributed by atoms with Gasteiger partial charge in [0.1, 0.15) is 0 Å². The quantitative estimate of drug-likeness (QED) is 0.808. The van der Waals surface area contributed by atoms with Crippen molar-refractivity contribution >= 4 is 39.8 Å². The summed E-state index contributed by atoms with van der Waals surface area (Å²) in [5, 5.41) is 5.56. The Morgan fingerprint density at radius 1 is 1.16 bits per heavy atom. The highest BCUT2D eigenvalue weighted by atomic mass is 35.5. The number of hydrogen-bond donors (Lipinski definition) is 1. The average molecular weight is 297 g/mol. The number of rotatable bonds is 5. The van der Waals surface area contributed by atoms with Crippen LogP contribution < -0.4 is 5.32 Å². The third-order valence-electron chi connectivity index (χ3n) is 3.00. The summed E-state index contributed by atoms with van der Waals surface area (Å²) in [5.74, 6) is 0. The van der Waals surface area contributed by atoms with Gasteiger partial charge in [0, 0.05) is 23.3 Å². The van der Waals surface area contributed by atoms with E-state index in [1.807, 2.05) is 12.1 Å². The zero-order valence-corrected chi connectivity index (χ0v) is 12.8. The summed E-state index contributed by atoms with van der Waals surface area (Å²) in [6.07, 6.45) is 3.08. The van der Waals surface area contributed by atoms with E-state index in [2.05, 4.69) is 30.2 Å². The molecule has 1 heterocycles. The van der Waals surface area contributed by atoms with Crippen LogP contribution in [0, 0.1) is 0 Å². The van der Waals surface area contributed by atoms with Gasteiger partial charge in [-0.2, -0.15) is 0 Å². The van der Waals surface area contributed by atoms with Gasteiger partial charge in [-0.05, 0) is 31.0 Å². The number of nitrogens with zero attached hydrogens (tertiary/aromatic N) is 1. The minimum atomic E-state index is 0.539. The van der Waals surface area contributed by atoms with Gasteiger partial charge in [0.25, 0.3) is 0 Å². The van der Waals surface area contributed by atoms with E-state index in [1.54, 1.807) is 0 Å². The Morgan fingerprint density at radius 3 is 2.63 bits per heavy atom. The lowest BCUT2D eigenvalue weighted by Crippen LogP contribution is -2.03. The van der Waals surface area contributed by atoms with Gasteiger partial charge in [-0.25, -0.2) is 0 Å². The van der Waals surface area contributed by atoms with Crippen LogP contribution in [0.25, 0.3) is 10.9 Å². The minimum absolute atomic E-state index is 0.539.